The molecule has 0 amide bonds. The van der Waals surface area contributed by atoms with Crippen LogP contribution in [0.15, 0.2) is 109 Å². The molecule has 0 atom stereocenters. The van der Waals surface area contributed by atoms with E-state index in [9.17, 15) is 5.11 Å². The van der Waals surface area contributed by atoms with E-state index < -0.39 is 0 Å². The maximum Gasteiger partial charge on any atom is 0.140 e. The number of phenols is 1. The van der Waals surface area contributed by atoms with Crippen molar-refractivity contribution in [3.8, 4) is 17.0 Å². The molecule has 1 aliphatic heterocycles. The summed E-state index contributed by atoms with van der Waals surface area (Å²) in [5.41, 5.74) is 9.67. The number of aromatic hydroxyl groups is 1. The van der Waals surface area contributed by atoms with Gasteiger partial charge in [-0.1, -0.05) is 90.1 Å². The van der Waals surface area contributed by atoms with E-state index in [1.54, 1.807) is 6.07 Å². The molecule has 0 fully saturated rings. The zero-order valence-electron chi connectivity index (χ0n) is 26.9. The number of hydrogen-bond donors (Lipinski definition) is 1. The fourth-order valence-corrected chi connectivity index (χ4v) is 5.98. The van der Waals surface area contributed by atoms with Crippen LogP contribution >= 0.6 is 0 Å². The Labute approximate surface area is 285 Å². The molecule has 0 saturated heterocycles. The maximum absolute atomic E-state index is 10.6. The van der Waals surface area contributed by atoms with Crippen LogP contribution in [0.3, 0.4) is 0 Å². The third-order valence-electron chi connectivity index (χ3n) is 8.54. The monoisotopic (exact) mass is 784 g/mol. The summed E-state index contributed by atoms with van der Waals surface area (Å²) in [6.07, 6.45) is 1.90. The van der Waals surface area contributed by atoms with Gasteiger partial charge in [0.15, 0.2) is 0 Å². The largest absolute Gasteiger partial charge is 0.506 e. The first-order valence-electron chi connectivity index (χ1n) is 15.4. The van der Waals surface area contributed by atoms with Crippen LogP contribution < -0.4 is 9.80 Å². The predicted molar refractivity (Wildman–Crippen MR) is 186 cm³/mol. The third-order valence-corrected chi connectivity index (χ3v) is 8.54. The van der Waals surface area contributed by atoms with Gasteiger partial charge in [-0.05, 0) is 81.5 Å². The normalized spacial score (nSPS) is 12.8. The smallest absolute Gasteiger partial charge is 0.140 e. The van der Waals surface area contributed by atoms with Crippen LogP contribution in [0.5, 0.6) is 5.75 Å². The van der Waals surface area contributed by atoms with Crippen molar-refractivity contribution in [3.05, 3.63) is 127 Å². The van der Waals surface area contributed by atoms with Gasteiger partial charge in [0.05, 0.1) is 11.4 Å². The van der Waals surface area contributed by atoms with Crippen LogP contribution in [0.4, 0.5) is 34.3 Å². The Morgan fingerprint density at radius 1 is 0.652 bits per heavy atom. The van der Waals surface area contributed by atoms with E-state index in [4.69, 9.17) is 9.97 Å². The number of para-hydroxylation sites is 3. The summed E-state index contributed by atoms with van der Waals surface area (Å²) in [7, 11) is 0. The molecule has 5 nitrogen and oxygen atoms in total. The molecule has 0 unspecified atom stereocenters. The summed E-state index contributed by atoms with van der Waals surface area (Å²) < 4.78 is 0. The SMILES string of the molecule is CC(C)(C)c1ccc(N2c3ccc(-c4ccc5cccc(O)c5n4)[c-]c3N(c3cc(C(C)(C)C)ccn3)c3ccccc32)cc1.[Pt]. The quantitative estimate of drug-likeness (QED) is 0.181. The van der Waals surface area contributed by atoms with Gasteiger partial charge in [0, 0.05) is 38.3 Å². The van der Waals surface area contributed by atoms with E-state index in [0.29, 0.717) is 5.52 Å². The predicted octanol–water partition coefficient (Wildman–Crippen LogP) is 10.6. The Morgan fingerprint density at radius 2 is 1.35 bits per heavy atom. The van der Waals surface area contributed by atoms with E-state index in [-0.39, 0.29) is 37.6 Å². The first kappa shape index (κ1) is 31.5. The number of benzene rings is 4. The summed E-state index contributed by atoms with van der Waals surface area (Å²) in [5, 5.41) is 11.5. The van der Waals surface area contributed by atoms with Crippen molar-refractivity contribution in [1.82, 2.24) is 9.97 Å². The van der Waals surface area contributed by atoms with Crippen molar-refractivity contribution in [1.29, 1.82) is 0 Å². The van der Waals surface area contributed by atoms with Crippen LogP contribution in [0.2, 0.25) is 0 Å². The van der Waals surface area contributed by atoms with Gasteiger partial charge in [0.1, 0.15) is 17.1 Å². The molecule has 4 aromatic carbocycles. The van der Waals surface area contributed by atoms with Gasteiger partial charge in [-0.15, -0.1) is 23.8 Å². The standard InChI is InChI=1S/C40H37N4O.Pt/c1-39(2,3)28-16-18-30(19-17-28)43-32-11-7-8-12-33(32)44(37-25-29(22-23-41-37)40(4,5)6)35-24-27(15-21-34(35)43)31-20-14-26-10-9-13-36(45)38(26)42-31;/h7-23,25,45H,1-6H3;/q-1;. The number of aromatic nitrogens is 2. The van der Waals surface area contributed by atoms with Crippen molar-refractivity contribution in [2.45, 2.75) is 52.4 Å². The second kappa shape index (κ2) is 11.7. The van der Waals surface area contributed by atoms with Gasteiger partial charge in [0.2, 0.25) is 0 Å². The van der Waals surface area contributed by atoms with E-state index >= 15 is 0 Å². The second-order valence-corrected chi connectivity index (χ2v) is 13.8. The van der Waals surface area contributed by atoms with Crippen molar-refractivity contribution in [2.24, 2.45) is 0 Å². The van der Waals surface area contributed by atoms with E-state index in [0.717, 1.165) is 50.9 Å². The molecule has 7 rings (SSSR count). The summed E-state index contributed by atoms with van der Waals surface area (Å²) >= 11 is 0. The Kier molecular flexibility index (Phi) is 8.02. The van der Waals surface area contributed by atoms with Gasteiger partial charge in [-0.25, -0.2) is 4.98 Å². The van der Waals surface area contributed by atoms with Crippen molar-refractivity contribution in [2.75, 3.05) is 9.80 Å². The number of hydrogen-bond acceptors (Lipinski definition) is 5. The molecule has 6 aromatic rings. The molecule has 3 heterocycles. The molecule has 1 N–H and O–H groups in total. The van der Waals surface area contributed by atoms with Crippen LogP contribution in [0.25, 0.3) is 22.2 Å². The fraction of sp³-hybridized carbons (Fsp3) is 0.200. The second-order valence-electron chi connectivity index (χ2n) is 13.8. The van der Waals surface area contributed by atoms with Gasteiger partial charge in [0.25, 0.3) is 0 Å². The molecule has 46 heavy (non-hydrogen) atoms. The minimum Gasteiger partial charge on any atom is -0.506 e. The molecule has 0 saturated carbocycles. The Balaban J connectivity index is 0.00000372. The van der Waals surface area contributed by atoms with E-state index in [1.807, 2.05) is 30.5 Å². The van der Waals surface area contributed by atoms with Gasteiger partial charge < -0.3 is 14.9 Å². The van der Waals surface area contributed by atoms with Crippen LogP contribution in [0, 0.1) is 6.07 Å². The van der Waals surface area contributed by atoms with Crippen molar-refractivity contribution >= 4 is 45.2 Å². The Bertz CT molecular complexity index is 2060. The molecule has 2 aromatic heterocycles. The molecule has 0 spiro atoms. The fourth-order valence-electron chi connectivity index (χ4n) is 5.98. The molecule has 0 aliphatic carbocycles. The van der Waals surface area contributed by atoms with E-state index in [2.05, 4.69) is 130 Å². The number of pyridine rings is 2. The number of fused-ring (bicyclic) bond motifs is 3. The van der Waals surface area contributed by atoms with Crippen molar-refractivity contribution < 1.29 is 26.2 Å². The summed E-state index contributed by atoms with van der Waals surface area (Å²) in [6, 6.07) is 39.0. The van der Waals surface area contributed by atoms with E-state index in [1.165, 1.54) is 11.1 Å². The average Bonchev–Trinajstić information content (AvgIpc) is 3.03. The molecular weight excluding hydrogens is 748 g/mol. The topological polar surface area (TPSA) is 52.5 Å². The minimum absolute atomic E-state index is 0. The molecular formula is C40H37N4OPt-. The molecule has 234 valence electrons. The van der Waals surface area contributed by atoms with Crippen LogP contribution in [0.1, 0.15) is 52.7 Å². The number of phenolic OH excluding ortho intramolecular Hbond substituents is 1. The zero-order chi connectivity index (χ0) is 31.5. The van der Waals surface area contributed by atoms with Crippen LogP contribution in [-0.4, -0.2) is 15.1 Å². The average molecular weight is 785 g/mol. The summed E-state index contributed by atoms with van der Waals surface area (Å²) in [5.74, 6) is 0.993. The third kappa shape index (κ3) is 5.58. The van der Waals surface area contributed by atoms with Gasteiger partial charge in [-0.2, -0.15) is 0 Å². The summed E-state index contributed by atoms with van der Waals surface area (Å²) in [6.45, 7) is 13.4. The molecule has 0 radical (unpaired) electrons. The molecule has 0 bridgehead atoms. The zero-order valence-corrected chi connectivity index (χ0v) is 29.2. The minimum atomic E-state index is -0.0424. The van der Waals surface area contributed by atoms with Crippen molar-refractivity contribution in [3.63, 3.8) is 0 Å². The van der Waals surface area contributed by atoms with Gasteiger partial charge >= 0.3 is 0 Å². The number of nitrogens with zero attached hydrogens (tertiary/aromatic N) is 4. The number of anilines is 6. The summed E-state index contributed by atoms with van der Waals surface area (Å²) in [4.78, 5) is 14.3. The molecule has 1 aliphatic rings. The first-order valence-corrected chi connectivity index (χ1v) is 15.4. The first-order chi connectivity index (χ1) is 21.5. The number of rotatable bonds is 3. The Hall–Kier alpha value is -4.47. The molecule has 6 heteroatoms. The Morgan fingerprint density at radius 3 is 2.04 bits per heavy atom. The van der Waals surface area contributed by atoms with Gasteiger partial charge in [-0.3, -0.25) is 4.98 Å². The maximum atomic E-state index is 10.6. The van der Waals surface area contributed by atoms with Crippen LogP contribution in [-0.2, 0) is 31.9 Å².